The van der Waals surface area contributed by atoms with Crippen molar-refractivity contribution in [2.24, 2.45) is 16.2 Å². The molecule has 2 nitrogen and oxygen atoms in total. The maximum absolute atomic E-state index is 10.4. The second-order valence-electron chi connectivity index (χ2n) is 13.9. The first-order chi connectivity index (χ1) is 14.0. The molecule has 1 aromatic carbocycles. The van der Waals surface area contributed by atoms with Crippen LogP contribution < -0.4 is 0 Å². The van der Waals surface area contributed by atoms with Gasteiger partial charge in [0.25, 0.3) is 0 Å². The summed E-state index contributed by atoms with van der Waals surface area (Å²) in [6.07, 6.45) is 5.92. The Morgan fingerprint density at radius 2 is 1.16 bits per heavy atom. The van der Waals surface area contributed by atoms with E-state index in [-0.39, 0.29) is 27.1 Å². The Labute approximate surface area is 198 Å². The Morgan fingerprint density at radius 1 is 0.750 bits per heavy atom. The molecule has 2 rings (SSSR count). The summed E-state index contributed by atoms with van der Waals surface area (Å²) in [4.78, 5) is 0. The maximum Gasteiger partial charge on any atom is 0.123 e. The maximum atomic E-state index is 10.4. The van der Waals surface area contributed by atoms with Gasteiger partial charge in [-0.25, -0.2) is 0 Å². The quantitative estimate of drug-likeness (QED) is 0.397. The molecule has 0 aromatic heterocycles. The predicted molar refractivity (Wildman–Crippen MR) is 140 cm³/mol. The summed E-state index contributed by atoms with van der Waals surface area (Å²) in [5.74, 6) is 0.464. The molecule has 2 atom stereocenters. The highest BCUT2D eigenvalue weighted by atomic mass is 16.3. The molecule has 2 N–H and O–H groups in total. The number of phenols is 1. The Bertz CT molecular complexity index is 823. The highest BCUT2D eigenvalue weighted by Gasteiger charge is 2.38. The molecule has 1 aromatic rings. The molecule has 0 saturated carbocycles. The van der Waals surface area contributed by atoms with Crippen LogP contribution in [0.4, 0.5) is 0 Å². The molecule has 0 amide bonds. The van der Waals surface area contributed by atoms with Crippen molar-refractivity contribution in [1.29, 1.82) is 0 Å². The minimum absolute atomic E-state index is 0.0178. The number of hydrogen-bond donors (Lipinski definition) is 2. The van der Waals surface area contributed by atoms with E-state index in [0.29, 0.717) is 5.75 Å². The van der Waals surface area contributed by atoms with Crippen LogP contribution >= 0.6 is 0 Å². The Kier molecular flexibility index (Phi) is 8.02. The van der Waals surface area contributed by atoms with Crippen LogP contribution in [-0.2, 0) is 10.8 Å². The zero-order valence-corrected chi connectivity index (χ0v) is 23.4. The van der Waals surface area contributed by atoms with Crippen molar-refractivity contribution in [1.82, 2.24) is 0 Å². The molecule has 0 saturated heterocycles. The lowest BCUT2D eigenvalue weighted by atomic mass is 9.63. The van der Waals surface area contributed by atoms with Crippen molar-refractivity contribution in [2.45, 2.75) is 114 Å². The number of rotatable bonds is 0. The van der Waals surface area contributed by atoms with E-state index in [1.165, 1.54) is 5.56 Å². The van der Waals surface area contributed by atoms with E-state index in [9.17, 15) is 10.2 Å². The topological polar surface area (TPSA) is 40.5 Å². The van der Waals surface area contributed by atoms with Gasteiger partial charge in [0.1, 0.15) is 5.75 Å². The fourth-order valence-electron chi connectivity index (χ4n) is 3.90. The standard InChI is InChI=1S/C15H24O.C15H26O/c1-10-8-11(14(2,3)4)13(16)12(9-10)15(5,6)7;1-13(2,3)11-10-15(7,14(4,5)6)9-8-12(11)16/h8-9,16H,1-7H3;8-10,12,16H,1-7H3. The summed E-state index contributed by atoms with van der Waals surface area (Å²) in [6.45, 7) is 30.3. The Morgan fingerprint density at radius 3 is 1.47 bits per heavy atom. The lowest BCUT2D eigenvalue weighted by molar-refractivity contribution is 0.185. The third-order valence-corrected chi connectivity index (χ3v) is 6.75. The fourth-order valence-corrected chi connectivity index (χ4v) is 3.90. The van der Waals surface area contributed by atoms with Crippen molar-refractivity contribution >= 4 is 0 Å². The summed E-state index contributed by atoms with van der Waals surface area (Å²) >= 11 is 0. The molecule has 1 aliphatic rings. The molecular weight excluding hydrogens is 392 g/mol. The summed E-state index contributed by atoms with van der Waals surface area (Å²) in [5.41, 5.74) is 4.60. The summed E-state index contributed by atoms with van der Waals surface area (Å²) in [7, 11) is 0. The van der Waals surface area contributed by atoms with Gasteiger partial charge in [0.2, 0.25) is 0 Å². The van der Waals surface area contributed by atoms with Gasteiger partial charge in [-0.05, 0) is 45.3 Å². The lowest BCUT2D eigenvalue weighted by Gasteiger charge is -2.42. The van der Waals surface area contributed by atoms with Crippen LogP contribution in [0, 0.1) is 23.2 Å². The molecule has 2 heteroatoms. The van der Waals surface area contributed by atoms with E-state index < -0.39 is 6.10 Å². The van der Waals surface area contributed by atoms with Crippen molar-refractivity contribution in [3.05, 3.63) is 52.6 Å². The van der Waals surface area contributed by atoms with Crippen molar-refractivity contribution < 1.29 is 10.2 Å². The highest BCUT2D eigenvalue weighted by molar-refractivity contribution is 5.49. The Balaban J connectivity index is 0.000000320. The van der Waals surface area contributed by atoms with Crippen molar-refractivity contribution in [3.63, 3.8) is 0 Å². The largest absolute Gasteiger partial charge is 0.507 e. The lowest BCUT2D eigenvalue weighted by Crippen LogP contribution is -2.35. The molecule has 0 bridgehead atoms. The number of benzene rings is 1. The normalized spacial score (nSPS) is 22.2. The molecule has 2 unspecified atom stereocenters. The summed E-state index contributed by atoms with van der Waals surface area (Å²) < 4.78 is 0. The molecule has 32 heavy (non-hydrogen) atoms. The fraction of sp³-hybridized carbons (Fsp3) is 0.667. The first-order valence-corrected chi connectivity index (χ1v) is 12.0. The average Bonchev–Trinajstić information content (AvgIpc) is 2.55. The highest BCUT2D eigenvalue weighted by Crippen LogP contribution is 2.47. The average molecular weight is 443 g/mol. The molecule has 0 fully saturated rings. The molecule has 0 spiro atoms. The van der Waals surface area contributed by atoms with Crippen LogP contribution in [0.3, 0.4) is 0 Å². The van der Waals surface area contributed by atoms with Gasteiger partial charge >= 0.3 is 0 Å². The van der Waals surface area contributed by atoms with Gasteiger partial charge in [-0.15, -0.1) is 0 Å². The van der Waals surface area contributed by atoms with E-state index in [4.69, 9.17) is 0 Å². The SMILES string of the molecule is CC(C)(C)C1=CC(C)(C(C)(C)C)C=CC1O.Cc1cc(C(C)(C)C)c(O)c(C(C)(C)C)c1. The van der Waals surface area contributed by atoms with Gasteiger partial charge in [-0.2, -0.15) is 0 Å². The second-order valence-corrected chi connectivity index (χ2v) is 13.9. The molecular formula is C30H50O2. The zero-order chi connectivity index (χ0) is 25.5. The third kappa shape index (κ3) is 6.73. The number of hydrogen-bond acceptors (Lipinski definition) is 2. The number of aliphatic hydroxyl groups excluding tert-OH is 1. The monoisotopic (exact) mass is 442 g/mol. The van der Waals surface area contributed by atoms with E-state index >= 15 is 0 Å². The number of aromatic hydroxyl groups is 1. The van der Waals surface area contributed by atoms with Gasteiger partial charge in [0, 0.05) is 5.41 Å². The Hall–Kier alpha value is -1.54. The van der Waals surface area contributed by atoms with E-state index in [1.54, 1.807) is 0 Å². The molecule has 0 radical (unpaired) electrons. The van der Waals surface area contributed by atoms with Gasteiger partial charge < -0.3 is 10.2 Å². The first-order valence-electron chi connectivity index (χ1n) is 12.0. The first kappa shape index (κ1) is 28.5. The summed E-state index contributed by atoms with van der Waals surface area (Å²) in [6, 6.07) is 4.18. The smallest absolute Gasteiger partial charge is 0.123 e. The number of aliphatic hydroxyl groups is 1. The minimum atomic E-state index is -0.421. The van der Waals surface area contributed by atoms with Crippen LogP contribution in [0.25, 0.3) is 0 Å². The number of aryl methyl sites for hydroxylation is 1. The number of phenolic OH excluding ortho intramolecular Hbond substituents is 1. The van der Waals surface area contributed by atoms with Crippen LogP contribution in [0.15, 0.2) is 35.9 Å². The van der Waals surface area contributed by atoms with Gasteiger partial charge in [-0.3, -0.25) is 0 Å². The van der Waals surface area contributed by atoms with Gasteiger partial charge in [0.05, 0.1) is 6.10 Å². The number of allylic oxidation sites excluding steroid dienone is 2. The van der Waals surface area contributed by atoms with Gasteiger partial charge in [-0.1, -0.05) is 126 Å². The van der Waals surface area contributed by atoms with Crippen LogP contribution in [-0.4, -0.2) is 16.3 Å². The van der Waals surface area contributed by atoms with E-state index in [0.717, 1.165) is 16.7 Å². The molecule has 182 valence electrons. The van der Waals surface area contributed by atoms with Gasteiger partial charge in [0.15, 0.2) is 0 Å². The van der Waals surface area contributed by atoms with E-state index in [1.807, 2.05) is 6.08 Å². The minimum Gasteiger partial charge on any atom is -0.507 e. The zero-order valence-electron chi connectivity index (χ0n) is 23.4. The van der Waals surface area contributed by atoms with Crippen LogP contribution in [0.5, 0.6) is 5.75 Å². The predicted octanol–water partition coefficient (Wildman–Crippen LogP) is 8.24. The van der Waals surface area contributed by atoms with Crippen LogP contribution in [0.2, 0.25) is 0 Å². The van der Waals surface area contributed by atoms with Crippen molar-refractivity contribution in [2.75, 3.05) is 0 Å². The third-order valence-electron chi connectivity index (χ3n) is 6.75. The summed E-state index contributed by atoms with van der Waals surface area (Å²) in [5, 5.41) is 20.4. The van der Waals surface area contributed by atoms with Crippen LogP contribution in [0.1, 0.15) is 107 Å². The second kappa shape index (κ2) is 9.01. The van der Waals surface area contributed by atoms with Crippen molar-refractivity contribution in [3.8, 4) is 5.75 Å². The molecule has 1 aliphatic carbocycles. The molecule has 0 heterocycles. The molecule has 0 aliphatic heterocycles. The van der Waals surface area contributed by atoms with E-state index in [2.05, 4.69) is 121 Å².